The Morgan fingerprint density at radius 3 is 2.41 bits per heavy atom. The lowest BCUT2D eigenvalue weighted by Gasteiger charge is -2.40. The fraction of sp³-hybridized carbons (Fsp3) is 0.600. The number of aromatic nitrogens is 2. The number of aromatic amines is 2. The van der Waals surface area contributed by atoms with E-state index in [1.165, 1.54) is 8.61 Å². The number of amides is 1. The maximum absolute atomic E-state index is 13.0. The maximum Gasteiger partial charge on any atom is 0.323 e. The average molecular weight is 467 g/mol. The molecule has 3 N–H and O–H groups in total. The first-order chi connectivity index (χ1) is 15.2. The number of hydrogen-bond donors (Lipinski definition) is 3. The first-order valence-electron chi connectivity index (χ1n) is 10.9. The smallest absolute Gasteiger partial charge is 0.323 e. The molecule has 1 amide bonds. The molecular formula is C20H30N6O5S. The minimum absolute atomic E-state index is 0.119. The fourth-order valence-electron chi connectivity index (χ4n) is 4.26. The Balaban J connectivity index is 1.24. The number of rotatable bonds is 6. The van der Waals surface area contributed by atoms with E-state index in [9.17, 15) is 18.0 Å². The second kappa shape index (κ2) is 9.32. The zero-order chi connectivity index (χ0) is 22.9. The third-order valence-electron chi connectivity index (χ3n) is 5.82. The first-order valence-corrected chi connectivity index (χ1v) is 12.3. The molecule has 176 valence electrons. The molecule has 4 rings (SSSR count). The van der Waals surface area contributed by atoms with Gasteiger partial charge in [0, 0.05) is 57.9 Å². The Kier molecular flexibility index (Phi) is 6.67. The van der Waals surface area contributed by atoms with Gasteiger partial charge in [-0.05, 0) is 32.0 Å². The van der Waals surface area contributed by atoms with Crippen LogP contribution in [0.2, 0.25) is 0 Å². The van der Waals surface area contributed by atoms with Crippen LogP contribution in [-0.2, 0) is 19.7 Å². The topological polar surface area (TPSA) is 131 Å². The van der Waals surface area contributed by atoms with Crippen LogP contribution in [0.15, 0.2) is 23.0 Å². The average Bonchev–Trinajstić information content (AvgIpc) is 3.11. The molecule has 2 aliphatic heterocycles. The Hall–Kier alpha value is -2.25. The summed E-state index contributed by atoms with van der Waals surface area (Å²) in [5.41, 5.74) is 1.64. The van der Waals surface area contributed by atoms with Crippen molar-refractivity contribution in [1.29, 1.82) is 0 Å². The molecular weight excluding hydrogens is 436 g/mol. The molecule has 0 radical (unpaired) electrons. The predicted molar refractivity (Wildman–Crippen MR) is 121 cm³/mol. The fourth-order valence-corrected chi connectivity index (χ4v) is 6.01. The Labute approximate surface area is 186 Å². The summed E-state index contributed by atoms with van der Waals surface area (Å²) in [6, 6.07) is 5.18. The highest BCUT2D eigenvalue weighted by molar-refractivity contribution is 7.86. The van der Waals surface area contributed by atoms with Gasteiger partial charge < -0.3 is 24.9 Å². The molecule has 3 heterocycles. The normalized spacial score (nSPS) is 24.1. The van der Waals surface area contributed by atoms with E-state index in [1.807, 2.05) is 13.8 Å². The van der Waals surface area contributed by atoms with Gasteiger partial charge >= 0.3 is 5.69 Å². The number of carbonyl (C=O) groups excluding carboxylic acids is 1. The molecule has 0 saturated carbocycles. The SMILES string of the molecule is C[C@@H]1CN(S(=O)(=O)N2CCN(CCC(=O)Nc3ccc4[nH]c(=O)[nH]c4c3)CC2)C[C@H](C)O1. The van der Waals surface area contributed by atoms with Crippen LogP contribution >= 0.6 is 0 Å². The van der Waals surface area contributed by atoms with Crippen molar-refractivity contribution in [2.45, 2.75) is 32.5 Å². The molecule has 0 bridgehead atoms. The summed E-state index contributed by atoms with van der Waals surface area (Å²) in [5.74, 6) is -0.131. The maximum atomic E-state index is 13.0. The van der Waals surface area contributed by atoms with E-state index in [-0.39, 0.29) is 23.8 Å². The van der Waals surface area contributed by atoms with Crippen LogP contribution < -0.4 is 11.0 Å². The van der Waals surface area contributed by atoms with E-state index < -0.39 is 10.2 Å². The highest BCUT2D eigenvalue weighted by atomic mass is 32.2. The van der Waals surface area contributed by atoms with E-state index in [1.54, 1.807) is 18.2 Å². The number of benzene rings is 1. The van der Waals surface area contributed by atoms with E-state index >= 15 is 0 Å². The largest absolute Gasteiger partial charge is 0.373 e. The molecule has 12 heteroatoms. The molecule has 11 nitrogen and oxygen atoms in total. The lowest BCUT2D eigenvalue weighted by Crippen LogP contribution is -2.57. The molecule has 1 aromatic heterocycles. The lowest BCUT2D eigenvalue weighted by molar-refractivity contribution is -0.116. The van der Waals surface area contributed by atoms with Crippen molar-refractivity contribution in [2.24, 2.45) is 0 Å². The quantitative estimate of drug-likeness (QED) is 0.556. The predicted octanol–water partition coefficient (Wildman–Crippen LogP) is 0.156. The van der Waals surface area contributed by atoms with Crippen molar-refractivity contribution in [2.75, 3.05) is 51.1 Å². The van der Waals surface area contributed by atoms with Gasteiger partial charge in [-0.2, -0.15) is 17.0 Å². The van der Waals surface area contributed by atoms with Crippen molar-refractivity contribution in [3.8, 4) is 0 Å². The second-order valence-corrected chi connectivity index (χ2v) is 10.4. The second-order valence-electron chi connectivity index (χ2n) is 8.46. The van der Waals surface area contributed by atoms with Crippen LogP contribution in [0.4, 0.5) is 5.69 Å². The Morgan fingerprint density at radius 1 is 1.06 bits per heavy atom. The molecule has 0 aliphatic carbocycles. The monoisotopic (exact) mass is 466 g/mol. The number of anilines is 1. The number of hydrogen-bond acceptors (Lipinski definition) is 6. The summed E-state index contributed by atoms with van der Waals surface area (Å²) in [6.07, 6.45) is 0.0606. The standard InChI is InChI=1S/C20H30N6O5S/c1-14-12-26(13-15(2)31-14)32(29,30)25-9-7-24(8-10-25)6-5-19(27)21-16-3-4-17-18(11-16)23-20(28)22-17/h3-4,11,14-15H,5-10,12-13H2,1-2H3,(H,21,27)(H2,22,23,28)/t14-,15+. The molecule has 2 aromatic rings. The van der Waals surface area contributed by atoms with Crippen LogP contribution in [-0.4, -0.2) is 95.8 Å². The Bertz CT molecular complexity index is 1110. The number of imidazole rings is 1. The third-order valence-corrected chi connectivity index (χ3v) is 7.79. The van der Waals surface area contributed by atoms with E-state index in [2.05, 4.69) is 20.2 Å². The van der Waals surface area contributed by atoms with Crippen LogP contribution in [0.3, 0.4) is 0 Å². The van der Waals surface area contributed by atoms with Gasteiger partial charge in [0.25, 0.3) is 10.2 Å². The summed E-state index contributed by atoms with van der Waals surface area (Å²) >= 11 is 0. The van der Waals surface area contributed by atoms with Gasteiger partial charge in [0.15, 0.2) is 0 Å². The third kappa shape index (κ3) is 5.21. The van der Waals surface area contributed by atoms with Gasteiger partial charge in [-0.25, -0.2) is 4.79 Å². The van der Waals surface area contributed by atoms with Crippen LogP contribution in [0, 0.1) is 0 Å². The van der Waals surface area contributed by atoms with Crippen LogP contribution in [0.1, 0.15) is 20.3 Å². The minimum atomic E-state index is -3.51. The first kappa shape index (κ1) is 22.9. The number of nitrogens with zero attached hydrogens (tertiary/aromatic N) is 3. The molecule has 1 aromatic carbocycles. The van der Waals surface area contributed by atoms with Gasteiger partial charge in [-0.15, -0.1) is 0 Å². The number of morpholine rings is 1. The molecule has 2 aliphatic rings. The van der Waals surface area contributed by atoms with Crippen molar-refractivity contribution >= 4 is 32.8 Å². The summed E-state index contributed by atoms with van der Waals surface area (Å²) < 4.78 is 34.7. The molecule has 2 saturated heterocycles. The van der Waals surface area contributed by atoms with Gasteiger partial charge in [-0.1, -0.05) is 0 Å². The summed E-state index contributed by atoms with van der Waals surface area (Å²) in [7, 11) is -3.51. The molecule has 2 atom stereocenters. The van der Waals surface area contributed by atoms with E-state index in [0.29, 0.717) is 69.0 Å². The number of carbonyl (C=O) groups is 1. The molecule has 2 fully saturated rings. The number of H-pyrrole nitrogens is 2. The van der Waals surface area contributed by atoms with E-state index in [4.69, 9.17) is 4.74 Å². The van der Waals surface area contributed by atoms with Gasteiger partial charge in [0.1, 0.15) is 0 Å². The summed E-state index contributed by atoms with van der Waals surface area (Å²) in [6.45, 7) is 7.04. The minimum Gasteiger partial charge on any atom is -0.373 e. The number of ether oxygens (including phenoxy) is 1. The van der Waals surface area contributed by atoms with Gasteiger partial charge in [-0.3, -0.25) is 4.79 Å². The van der Waals surface area contributed by atoms with Crippen LogP contribution in [0.5, 0.6) is 0 Å². The zero-order valence-corrected chi connectivity index (χ0v) is 19.2. The zero-order valence-electron chi connectivity index (χ0n) is 18.3. The number of piperazine rings is 1. The van der Waals surface area contributed by atoms with Gasteiger partial charge in [0.05, 0.1) is 23.2 Å². The summed E-state index contributed by atoms with van der Waals surface area (Å²) in [5, 5.41) is 2.84. The van der Waals surface area contributed by atoms with Crippen molar-refractivity contribution in [3.05, 3.63) is 28.7 Å². The highest BCUT2D eigenvalue weighted by Crippen LogP contribution is 2.19. The Morgan fingerprint density at radius 2 is 1.72 bits per heavy atom. The molecule has 32 heavy (non-hydrogen) atoms. The lowest BCUT2D eigenvalue weighted by atomic mass is 10.2. The summed E-state index contributed by atoms with van der Waals surface area (Å²) in [4.78, 5) is 31.1. The molecule has 0 unspecified atom stereocenters. The highest BCUT2D eigenvalue weighted by Gasteiger charge is 2.36. The van der Waals surface area contributed by atoms with Crippen molar-refractivity contribution < 1.29 is 17.9 Å². The number of fused-ring (bicyclic) bond motifs is 1. The van der Waals surface area contributed by atoms with Crippen molar-refractivity contribution in [3.63, 3.8) is 0 Å². The van der Waals surface area contributed by atoms with Gasteiger partial charge in [0.2, 0.25) is 5.91 Å². The molecule has 0 spiro atoms. The van der Waals surface area contributed by atoms with Crippen molar-refractivity contribution in [1.82, 2.24) is 23.5 Å². The van der Waals surface area contributed by atoms with Crippen LogP contribution in [0.25, 0.3) is 11.0 Å². The van der Waals surface area contributed by atoms with E-state index in [0.717, 1.165) is 0 Å². The number of nitrogens with one attached hydrogen (secondary N) is 3.